The number of hydrogen-bond donors (Lipinski definition) is 2. The Balaban J connectivity index is 1.83. The molecule has 1 fully saturated rings. The molecule has 0 unspecified atom stereocenters. The van der Waals surface area contributed by atoms with E-state index in [1.807, 2.05) is 32.0 Å². The van der Waals surface area contributed by atoms with Gasteiger partial charge in [0, 0.05) is 0 Å². The van der Waals surface area contributed by atoms with Crippen molar-refractivity contribution < 1.29 is 14.7 Å². The van der Waals surface area contributed by atoms with Gasteiger partial charge in [0.25, 0.3) is 5.91 Å². The molecule has 0 aliphatic carbocycles. The van der Waals surface area contributed by atoms with Crippen LogP contribution in [0.15, 0.2) is 52.4 Å². The lowest BCUT2D eigenvalue weighted by Crippen LogP contribution is -2.19. The summed E-state index contributed by atoms with van der Waals surface area (Å²) in [7, 11) is 0. The Morgan fingerprint density at radius 1 is 1.16 bits per heavy atom. The van der Waals surface area contributed by atoms with Crippen molar-refractivity contribution in [2.45, 2.75) is 13.8 Å². The topological polar surface area (TPSA) is 78.8 Å². The first-order valence-corrected chi connectivity index (χ1v) is 8.44. The summed E-state index contributed by atoms with van der Waals surface area (Å²) in [5.74, 6) is -1.19. The summed E-state index contributed by atoms with van der Waals surface area (Å²) in [6, 6.07) is 12.4. The zero-order valence-corrected chi connectivity index (χ0v) is 14.6. The van der Waals surface area contributed by atoms with Gasteiger partial charge in [-0.3, -0.25) is 4.79 Å². The first kappa shape index (κ1) is 17.0. The number of rotatable bonds is 3. The molecule has 2 aromatic carbocycles. The molecule has 0 bridgehead atoms. The fourth-order valence-electron chi connectivity index (χ4n) is 2.30. The molecule has 2 aromatic rings. The van der Waals surface area contributed by atoms with Crippen molar-refractivity contribution in [1.82, 2.24) is 5.32 Å². The van der Waals surface area contributed by atoms with Gasteiger partial charge in [0.15, 0.2) is 5.17 Å². The molecule has 0 atom stereocenters. The van der Waals surface area contributed by atoms with Crippen molar-refractivity contribution in [2.24, 2.45) is 4.99 Å². The number of amides is 1. The number of aryl methyl sites for hydroxylation is 2. The minimum absolute atomic E-state index is 0.211. The number of nitrogens with zero attached hydrogens (tertiary/aromatic N) is 1. The average Bonchev–Trinajstić information content (AvgIpc) is 2.91. The largest absolute Gasteiger partial charge is 0.478 e. The molecular formula is C19H16N2O3S. The van der Waals surface area contributed by atoms with Crippen molar-refractivity contribution in [3.8, 4) is 0 Å². The third-order valence-corrected chi connectivity index (χ3v) is 4.60. The lowest BCUT2D eigenvalue weighted by Gasteiger charge is -2.02. The first-order chi connectivity index (χ1) is 11.9. The van der Waals surface area contributed by atoms with Gasteiger partial charge < -0.3 is 10.4 Å². The lowest BCUT2D eigenvalue weighted by molar-refractivity contribution is -0.115. The second-order valence-corrected chi connectivity index (χ2v) is 6.73. The van der Waals surface area contributed by atoms with Crippen LogP contribution in [0.1, 0.15) is 27.0 Å². The van der Waals surface area contributed by atoms with E-state index in [-0.39, 0.29) is 11.5 Å². The summed E-state index contributed by atoms with van der Waals surface area (Å²) in [6.45, 7) is 3.97. The fourth-order valence-corrected chi connectivity index (χ4v) is 3.14. The number of amidine groups is 1. The molecule has 3 rings (SSSR count). The highest BCUT2D eigenvalue weighted by Gasteiger charge is 2.24. The minimum atomic E-state index is -0.977. The molecule has 0 spiro atoms. The van der Waals surface area contributed by atoms with Gasteiger partial charge in [0.1, 0.15) is 0 Å². The van der Waals surface area contributed by atoms with Gasteiger partial charge in [-0.25, -0.2) is 9.79 Å². The second kappa shape index (κ2) is 6.94. The predicted molar refractivity (Wildman–Crippen MR) is 100 cm³/mol. The standard InChI is InChI=1S/C19H16N2O3S/c1-11-3-4-12(2)15(9-11)20-19-21-17(22)16(25-19)10-13-5-7-14(8-6-13)18(23)24/h3-10H,1-2H3,(H,23,24)(H,20,21,22). The number of carbonyl (C=O) groups is 2. The Bertz CT molecular complexity index is 915. The number of carbonyl (C=O) groups excluding carboxylic acids is 1. The van der Waals surface area contributed by atoms with Crippen LogP contribution in [0.25, 0.3) is 6.08 Å². The van der Waals surface area contributed by atoms with E-state index >= 15 is 0 Å². The maximum Gasteiger partial charge on any atom is 0.335 e. The molecule has 126 valence electrons. The summed E-state index contributed by atoms with van der Waals surface area (Å²) >= 11 is 1.27. The third-order valence-electron chi connectivity index (χ3n) is 3.69. The minimum Gasteiger partial charge on any atom is -0.478 e. The quantitative estimate of drug-likeness (QED) is 0.821. The van der Waals surface area contributed by atoms with Gasteiger partial charge in [0.2, 0.25) is 0 Å². The Kier molecular flexibility index (Phi) is 4.72. The number of thioether (sulfide) groups is 1. The van der Waals surface area contributed by atoms with Crippen LogP contribution in [0.3, 0.4) is 0 Å². The van der Waals surface area contributed by atoms with Crippen molar-refractivity contribution >= 4 is 40.6 Å². The molecule has 0 saturated carbocycles. The Morgan fingerprint density at radius 2 is 1.88 bits per heavy atom. The highest BCUT2D eigenvalue weighted by Crippen LogP contribution is 2.29. The van der Waals surface area contributed by atoms with Gasteiger partial charge in [-0.05, 0) is 66.6 Å². The molecule has 1 amide bonds. The molecule has 5 nitrogen and oxygen atoms in total. The lowest BCUT2D eigenvalue weighted by atomic mass is 10.1. The Hall–Kier alpha value is -2.86. The number of carboxylic acids is 1. The van der Waals surface area contributed by atoms with Gasteiger partial charge >= 0.3 is 5.97 Å². The maximum atomic E-state index is 12.1. The summed E-state index contributed by atoms with van der Waals surface area (Å²) in [6.07, 6.45) is 1.72. The molecule has 1 saturated heterocycles. The third kappa shape index (κ3) is 3.97. The number of carboxylic acid groups (broad SMARTS) is 1. The van der Waals surface area contributed by atoms with Gasteiger partial charge in [-0.1, -0.05) is 24.3 Å². The van der Waals surface area contributed by atoms with Gasteiger partial charge in [-0.15, -0.1) is 0 Å². The van der Waals surface area contributed by atoms with Crippen molar-refractivity contribution in [1.29, 1.82) is 0 Å². The summed E-state index contributed by atoms with van der Waals surface area (Å²) < 4.78 is 0. The monoisotopic (exact) mass is 352 g/mol. The van der Waals surface area contributed by atoms with Crippen molar-refractivity contribution in [3.05, 3.63) is 69.6 Å². The van der Waals surface area contributed by atoms with Gasteiger partial charge in [0.05, 0.1) is 16.2 Å². The van der Waals surface area contributed by atoms with E-state index in [0.717, 1.165) is 22.4 Å². The fraction of sp³-hybridized carbons (Fsp3) is 0.105. The zero-order valence-electron chi connectivity index (χ0n) is 13.7. The summed E-state index contributed by atoms with van der Waals surface area (Å²) in [5, 5.41) is 12.2. The summed E-state index contributed by atoms with van der Waals surface area (Å²) in [5.41, 5.74) is 3.94. The van der Waals surface area contributed by atoms with Gasteiger partial charge in [-0.2, -0.15) is 0 Å². The predicted octanol–water partition coefficient (Wildman–Crippen LogP) is 3.89. The van der Waals surface area contributed by atoms with Crippen LogP contribution in [0.5, 0.6) is 0 Å². The van der Waals surface area contributed by atoms with Crippen molar-refractivity contribution in [3.63, 3.8) is 0 Å². The SMILES string of the molecule is Cc1ccc(C)c(N=C2NC(=O)C(=Cc3ccc(C(=O)O)cc3)S2)c1. The van der Waals surface area contributed by atoms with E-state index in [0.29, 0.717) is 10.1 Å². The van der Waals surface area contributed by atoms with Crippen LogP contribution in [-0.2, 0) is 4.79 Å². The molecule has 1 aliphatic heterocycles. The Labute approximate surface area is 149 Å². The second-order valence-electron chi connectivity index (χ2n) is 5.70. The molecule has 1 heterocycles. The van der Waals surface area contributed by atoms with Crippen molar-refractivity contribution in [2.75, 3.05) is 0 Å². The summed E-state index contributed by atoms with van der Waals surface area (Å²) in [4.78, 5) is 28.1. The molecule has 6 heteroatoms. The van der Waals surface area contributed by atoms with Crippen LogP contribution >= 0.6 is 11.8 Å². The number of aromatic carboxylic acids is 1. The smallest absolute Gasteiger partial charge is 0.335 e. The highest BCUT2D eigenvalue weighted by atomic mass is 32.2. The number of aliphatic imine (C=N–C) groups is 1. The van der Waals surface area contributed by atoms with E-state index < -0.39 is 5.97 Å². The van der Waals surface area contributed by atoms with Crippen LogP contribution in [-0.4, -0.2) is 22.2 Å². The number of nitrogens with one attached hydrogen (secondary N) is 1. The van der Waals surface area contributed by atoms with E-state index in [1.54, 1.807) is 18.2 Å². The van der Waals surface area contributed by atoms with Crippen LogP contribution in [0.4, 0.5) is 5.69 Å². The van der Waals surface area contributed by atoms with Crippen LogP contribution < -0.4 is 5.32 Å². The first-order valence-electron chi connectivity index (χ1n) is 7.62. The zero-order chi connectivity index (χ0) is 18.0. The van der Waals surface area contributed by atoms with E-state index in [4.69, 9.17) is 5.11 Å². The van der Waals surface area contributed by atoms with E-state index in [9.17, 15) is 9.59 Å². The average molecular weight is 352 g/mol. The molecule has 0 aromatic heterocycles. The molecule has 2 N–H and O–H groups in total. The molecule has 1 aliphatic rings. The van der Waals surface area contributed by atoms with Crippen LogP contribution in [0, 0.1) is 13.8 Å². The highest BCUT2D eigenvalue weighted by molar-refractivity contribution is 8.18. The van der Waals surface area contributed by atoms with E-state index in [2.05, 4.69) is 10.3 Å². The normalized spacial score (nSPS) is 17.1. The molecule has 0 radical (unpaired) electrons. The Morgan fingerprint density at radius 3 is 2.56 bits per heavy atom. The number of benzene rings is 2. The molecule has 25 heavy (non-hydrogen) atoms. The number of hydrogen-bond acceptors (Lipinski definition) is 4. The molecular weight excluding hydrogens is 336 g/mol. The van der Waals surface area contributed by atoms with E-state index in [1.165, 1.54) is 23.9 Å². The maximum absolute atomic E-state index is 12.1. The van der Waals surface area contributed by atoms with Crippen LogP contribution in [0.2, 0.25) is 0 Å².